The molecule has 0 saturated carbocycles. The summed E-state index contributed by atoms with van der Waals surface area (Å²) in [7, 11) is 1.67. The van der Waals surface area contributed by atoms with Gasteiger partial charge in [0.1, 0.15) is 11.3 Å². The second-order valence-electron chi connectivity index (χ2n) is 5.13. The number of fused-ring (bicyclic) bond motifs is 1. The van der Waals surface area contributed by atoms with Crippen molar-refractivity contribution in [1.82, 2.24) is 9.55 Å². The number of imidazole rings is 1. The van der Waals surface area contributed by atoms with E-state index in [4.69, 9.17) is 21.7 Å². The highest BCUT2D eigenvalue weighted by Crippen LogP contribution is 2.29. The first-order chi connectivity index (χ1) is 9.60. The number of ether oxygens (including phenoxy) is 2. The third-order valence-corrected chi connectivity index (χ3v) is 3.83. The monoisotopic (exact) mass is 294 g/mol. The van der Waals surface area contributed by atoms with E-state index in [1.54, 1.807) is 7.11 Å². The van der Waals surface area contributed by atoms with Crippen LogP contribution in [0.15, 0.2) is 18.2 Å². The van der Waals surface area contributed by atoms with Gasteiger partial charge in [0.05, 0.1) is 25.3 Å². The van der Waals surface area contributed by atoms with E-state index in [1.165, 1.54) is 0 Å². The molecule has 20 heavy (non-hydrogen) atoms. The maximum atomic E-state index is 5.63. The van der Waals surface area contributed by atoms with Crippen LogP contribution in [-0.2, 0) is 4.74 Å². The molecular formula is C15H22N2O2S. The molecule has 4 nitrogen and oxygen atoms in total. The number of aromatic nitrogens is 2. The maximum absolute atomic E-state index is 5.63. The Morgan fingerprint density at radius 3 is 2.70 bits per heavy atom. The first-order valence-corrected chi connectivity index (χ1v) is 7.35. The molecule has 0 aliphatic rings. The molecular weight excluding hydrogens is 272 g/mol. The molecule has 0 radical (unpaired) electrons. The molecule has 2 rings (SSSR count). The minimum atomic E-state index is 0.211. The molecule has 1 atom stereocenters. The summed E-state index contributed by atoms with van der Waals surface area (Å²) in [5.41, 5.74) is 2.01. The van der Waals surface area contributed by atoms with E-state index < -0.39 is 0 Å². The van der Waals surface area contributed by atoms with Gasteiger partial charge in [0.15, 0.2) is 4.77 Å². The van der Waals surface area contributed by atoms with E-state index in [9.17, 15) is 0 Å². The fourth-order valence-electron chi connectivity index (χ4n) is 2.43. The van der Waals surface area contributed by atoms with Gasteiger partial charge in [-0.3, -0.25) is 0 Å². The van der Waals surface area contributed by atoms with Crippen molar-refractivity contribution in [2.24, 2.45) is 5.92 Å². The zero-order valence-corrected chi connectivity index (χ0v) is 13.3. The molecule has 0 bridgehead atoms. The Bertz CT molecular complexity index is 630. The number of hydrogen-bond acceptors (Lipinski definition) is 3. The lowest BCUT2D eigenvalue weighted by Crippen LogP contribution is -2.21. The van der Waals surface area contributed by atoms with Gasteiger partial charge in [-0.2, -0.15) is 0 Å². The molecule has 1 aromatic carbocycles. The Morgan fingerprint density at radius 2 is 2.10 bits per heavy atom. The van der Waals surface area contributed by atoms with Gasteiger partial charge in [0.2, 0.25) is 0 Å². The van der Waals surface area contributed by atoms with Crippen LogP contribution in [0.2, 0.25) is 0 Å². The summed E-state index contributed by atoms with van der Waals surface area (Å²) in [5.74, 6) is 1.24. The van der Waals surface area contributed by atoms with Crippen molar-refractivity contribution in [3.8, 4) is 5.75 Å². The summed E-state index contributed by atoms with van der Waals surface area (Å²) in [6, 6.07) is 6.19. The predicted octanol–water partition coefficient (Wildman–Crippen LogP) is 3.94. The molecule has 1 aromatic heterocycles. The van der Waals surface area contributed by atoms with Crippen LogP contribution in [0.4, 0.5) is 0 Å². The summed E-state index contributed by atoms with van der Waals surface area (Å²) in [6.07, 6.45) is 0. The van der Waals surface area contributed by atoms with Crippen LogP contribution in [0.25, 0.3) is 11.0 Å². The molecule has 0 saturated heterocycles. The van der Waals surface area contributed by atoms with E-state index >= 15 is 0 Å². The highest BCUT2D eigenvalue weighted by atomic mass is 32.1. The van der Waals surface area contributed by atoms with Gasteiger partial charge >= 0.3 is 0 Å². The predicted molar refractivity (Wildman–Crippen MR) is 84.0 cm³/mol. The van der Waals surface area contributed by atoms with E-state index in [0.29, 0.717) is 23.9 Å². The molecule has 1 N–H and O–H groups in total. The van der Waals surface area contributed by atoms with Crippen LogP contribution < -0.4 is 4.74 Å². The fraction of sp³-hybridized carbons (Fsp3) is 0.533. The number of H-pyrrole nitrogens is 1. The molecule has 5 heteroatoms. The van der Waals surface area contributed by atoms with Crippen LogP contribution in [-0.4, -0.2) is 29.9 Å². The average Bonchev–Trinajstić information content (AvgIpc) is 2.75. The normalized spacial score (nSPS) is 13.1. The zero-order chi connectivity index (χ0) is 14.7. The van der Waals surface area contributed by atoms with Gasteiger partial charge in [-0.15, -0.1) is 0 Å². The molecule has 0 amide bonds. The molecule has 0 spiro atoms. The van der Waals surface area contributed by atoms with E-state index in [1.807, 2.05) is 19.1 Å². The van der Waals surface area contributed by atoms with Crippen LogP contribution in [0.5, 0.6) is 5.75 Å². The number of benzene rings is 1. The molecule has 0 aliphatic carbocycles. The summed E-state index contributed by atoms with van der Waals surface area (Å²) in [5, 5.41) is 0. The van der Waals surface area contributed by atoms with E-state index in [2.05, 4.69) is 29.5 Å². The second kappa shape index (κ2) is 6.41. The molecule has 0 aliphatic heterocycles. The van der Waals surface area contributed by atoms with Crippen LogP contribution in [0, 0.1) is 10.7 Å². The topological polar surface area (TPSA) is 39.2 Å². The number of nitrogens with zero attached hydrogens (tertiary/aromatic N) is 1. The van der Waals surface area contributed by atoms with Crippen LogP contribution >= 0.6 is 12.2 Å². The van der Waals surface area contributed by atoms with Crippen molar-refractivity contribution >= 4 is 23.3 Å². The molecule has 2 aromatic rings. The fourth-order valence-corrected chi connectivity index (χ4v) is 2.76. The largest absolute Gasteiger partial charge is 0.494 e. The smallest absolute Gasteiger partial charge is 0.178 e. The summed E-state index contributed by atoms with van der Waals surface area (Å²) < 4.78 is 13.9. The lowest BCUT2D eigenvalue weighted by molar-refractivity contribution is 0.0974. The third-order valence-electron chi connectivity index (χ3n) is 3.53. The van der Waals surface area contributed by atoms with Crippen molar-refractivity contribution in [1.29, 1.82) is 0 Å². The lowest BCUT2D eigenvalue weighted by Gasteiger charge is -2.23. The summed E-state index contributed by atoms with van der Waals surface area (Å²) >= 11 is 5.50. The Balaban J connectivity index is 2.57. The summed E-state index contributed by atoms with van der Waals surface area (Å²) in [4.78, 5) is 3.26. The number of nitrogens with one attached hydrogen (secondary N) is 1. The average molecular weight is 294 g/mol. The number of hydrogen-bond donors (Lipinski definition) is 1. The number of aromatic amines is 1. The Kier molecular flexibility index (Phi) is 4.83. The van der Waals surface area contributed by atoms with Gasteiger partial charge in [0, 0.05) is 6.61 Å². The SMILES string of the molecule is CCOCC(C(C)C)n1c(=S)[nH]c2c(OC)cccc21. The van der Waals surface area contributed by atoms with E-state index in [0.717, 1.165) is 16.8 Å². The van der Waals surface area contributed by atoms with Gasteiger partial charge in [-0.1, -0.05) is 19.9 Å². The molecule has 0 fully saturated rings. The lowest BCUT2D eigenvalue weighted by atomic mass is 10.0. The molecule has 1 heterocycles. The van der Waals surface area contributed by atoms with E-state index in [-0.39, 0.29) is 6.04 Å². The van der Waals surface area contributed by atoms with Gasteiger partial charge < -0.3 is 19.0 Å². The standard InChI is InChI=1S/C15H22N2O2S/c1-5-19-9-12(10(2)3)17-11-7-6-8-13(18-4)14(11)16-15(17)20/h6-8,10,12H,5,9H2,1-4H3,(H,16,20). The highest BCUT2D eigenvalue weighted by molar-refractivity contribution is 7.71. The Labute approximate surface area is 124 Å². The van der Waals surface area contributed by atoms with Gasteiger partial charge in [-0.25, -0.2) is 0 Å². The van der Waals surface area contributed by atoms with Crippen molar-refractivity contribution < 1.29 is 9.47 Å². The first kappa shape index (κ1) is 15.1. The van der Waals surface area contributed by atoms with Crippen molar-refractivity contribution in [2.75, 3.05) is 20.3 Å². The van der Waals surface area contributed by atoms with Crippen molar-refractivity contribution in [3.05, 3.63) is 23.0 Å². The van der Waals surface area contributed by atoms with Crippen LogP contribution in [0.3, 0.4) is 0 Å². The Hall–Kier alpha value is -1.33. The summed E-state index contributed by atoms with van der Waals surface area (Å²) in [6.45, 7) is 7.75. The third kappa shape index (κ3) is 2.74. The quantitative estimate of drug-likeness (QED) is 0.820. The highest BCUT2D eigenvalue weighted by Gasteiger charge is 2.20. The minimum absolute atomic E-state index is 0.211. The Morgan fingerprint density at radius 1 is 1.35 bits per heavy atom. The maximum Gasteiger partial charge on any atom is 0.178 e. The zero-order valence-electron chi connectivity index (χ0n) is 12.5. The van der Waals surface area contributed by atoms with Gasteiger partial charge in [0.25, 0.3) is 0 Å². The number of para-hydroxylation sites is 1. The molecule has 1 unspecified atom stereocenters. The van der Waals surface area contributed by atoms with Gasteiger partial charge in [-0.05, 0) is 37.2 Å². The number of methoxy groups -OCH3 is 1. The molecule has 110 valence electrons. The number of rotatable bonds is 6. The minimum Gasteiger partial charge on any atom is -0.494 e. The van der Waals surface area contributed by atoms with Crippen molar-refractivity contribution in [2.45, 2.75) is 26.8 Å². The first-order valence-electron chi connectivity index (χ1n) is 6.95. The second-order valence-corrected chi connectivity index (χ2v) is 5.51. The van der Waals surface area contributed by atoms with Crippen molar-refractivity contribution in [3.63, 3.8) is 0 Å². The van der Waals surface area contributed by atoms with Crippen LogP contribution in [0.1, 0.15) is 26.8 Å².